The highest BCUT2D eigenvalue weighted by molar-refractivity contribution is 9.10. The minimum atomic E-state index is -0.475. The van der Waals surface area contributed by atoms with Gasteiger partial charge in [-0.15, -0.1) is 0 Å². The minimum Gasteiger partial charge on any atom is -0.382 e. The van der Waals surface area contributed by atoms with Crippen molar-refractivity contribution in [1.29, 1.82) is 0 Å². The van der Waals surface area contributed by atoms with Crippen molar-refractivity contribution < 1.29 is 23.9 Å². The highest BCUT2D eigenvalue weighted by Crippen LogP contribution is 2.35. The first-order valence-electron chi connectivity index (χ1n) is 10.3. The molecular weight excluding hydrogens is 472 g/mol. The van der Waals surface area contributed by atoms with Crippen molar-refractivity contribution in [1.82, 2.24) is 10.2 Å². The number of amides is 1. The van der Waals surface area contributed by atoms with Gasteiger partial charge < -0.3 is 29.7 Å². The number of morpholine rings is 1. The standard InChI is InChI=1S/C20H29BrN4O6/c1-12-10-24(11-13(2)31-12)20(26)15-6-14(21)7-17(25(27)28)19(15)23-16-8-22-9-18(16)30-5-4-29-3/h6-7,12-13,16,18,22-23H,4-5,8-11H2,1-3H3/t12-,13+,16-,18-/m0/s1. The number of methoxy groups -OCH3 is 1. The van der Waals surface area contributed by atoms with Crippen molar-refractivity contribution in [2.75, 3.05) is 51.8 Å². The molecule has 0 radical (unpaired) electrons. The minimum absolute atomic E-state index is 0.108. The van der Waals surface area contributed by atoms with E-state index in [1.165, 1.54) is 6.07 Å². The van der Waals surface area contributed by atoms with Gasteiger partial charge in [0, 0.05) is 43.8 Å². The molecule has 0 bridgehead atoms. The number of halogens is 1. The van der Waals surface area contributed by atoms with Crippen LogP contribution >= 0.6 is 15.9 Å². The van der Waals surface area contributed by atoms with Crippen molar-refractivity contribution in [3.8, 4) is 0 Å². The number of rotatable bonds is 8. The molecular formula is C20H29BrN4O6. The Kier molecular flexibility index (Phi) is 8.23. The fourth-order valence-electron chi connectivity index (χ4n) is 4.01. The third kappa shape index (κ3) is 5.92. The summed E-state index contributed by atoms with van der Waals surface area (Å²) in [5, 5.41) is 18.3. The number of anilines is 1. The van der Waals surface area contributed by atoms with Crippen LogP contribution in [0.5, 0.6) is 0 Å². The van der Waals surface area contributed by atoms with Gasteiger partial charge in [0.2, 0.25) is 0 Å². The second-order valence-electron chi connectivity index (χ2n) is 7.88. The molecule has 1 aromatic carbocycles. The Morgan fingerprint density at radius 1 is 1.32 bits per heavy atom. The van der Waals surface area contributed by atoms with Gasteiger partial charge in [0.05, 0.1) is 48.1 Å². The summed E-state index contributed by atoms with van der Waals surface area (Å²) in [7, 11) is 1.60. The Hall–Kier alpha value is -1.79. The molecule has 31 heavy (non-hydrogen) atoms. The van der Waals surface area contributed by atoms with Gasteiger partial charge in [0.1, 0.15) is 5.69 Å². The van der Waals surface area contributed by atoms with Crippen LogP contribution in [-0.4, -0.2) is 86.6 Å². The average Bonchev–Trinajstić information content (AvgIpc) is 3.14. The predicted molar refractivity (Wildman–Crippen MR) is 119 cm³/mol. The zero-order valence-corrected chi connectivity index (χ0v) is 19.5. The maximum atomic E-state index is 13.4. The van der Waals surface area contributed by atoms with Gasteiger partial charge in [-0.05, 0) is 19.9 Å². The molecule has 0 unspecified atom stereocenters. The van der Waals surface area contributed by atoms with Crippen molar-refractivity contribution in [3.63, 3.8) is 0 Å². The zero-order chi connectivity index (χ0) is 22.5. The van der Waals surface area contributed by atoms with E-state index in [9.17, 15) is 14.9 Å². The number of carbonyl (C=O) groups is 1. The van der Waals surface area contributed by atoms with E-state index in [4.69, 9.17) is 14.2 Å². The lowest BCUT2D eigenvalue weighted by molar-refractivity contribution is -0.384. The van der Waals surface area contributed by atoms with Crippen molar-refractivity contribution in [3.05, 3.63) is 32.3 Å². The summed E-state index contributed by atoms with van der Waals surface area (Å²) in [4.78, 5) is 26.5. The van der Waals surface area contributed by atoms with Gasteiger partial charge in [-0.1, -0.05) is 15.9 Å². The Morgan fingerprint density at radius 3 is 2.68 bits per heavy atom. The summed E-state index contributed by atoms with van der Waals surface area (Å²) in [6.07, 6.45) is -0.419. The molecule has 0 spiro atoms. The largest absolute Gasteiger partial charge is 0.382 e. The summed E-state index contributed by atoms with van der Waals surface area (Å²) >= 11 is 3.32. The number of ether oxygens (including phenoxy) is 3. The van der Waals surface area contributed by atoms with E-state index < -0.39 is 4.92 Å². The van der Waals surface area contributed by atoms with Crippen LogP contribution < -0.4 is 10.6 Å². The number of nitrogens with one attached hydrogen (secondary N) is 2. The fraction of sp³-hybridized carbons (Fsp3) is 0.650. The second kappa shape index (κ2) is 10.7. The Labute approximate surface area is 189 Å². The third-order valence-electron chi connectivity index (χ3n) is 5.32. The first-order valence-corrected chi connectivity index (χ1v) is 11.1. The van der Waals surface area contributed by atoms with Crippen LogP contribution in [0.15, 0.2) is 16.6 Å². The number of hydrogen-bond donors (Lipinski definition) is 2. The summed E-state index contributed by atoms with van der Waals surface area (Å²) < 4.78 is 17.1. The van der Waals surface area contributed by atoms with Crippen LogP contribution in [-0.2, 0) is 14.2 Å². The highest BCUT2D eigenvalue weighted by atomic mass is 79.9. The molecule has 10 nitrogen and oxygen atoms in total. The summed E-state index contributed by atoms with van der Waals surface area (Å²) in [6.45, 7) is 6.71. The molecule has 0 saturated carbocycles. The van der Waals surface area contributed by atoms with Gasteiger partial charge >= 0.3 is 0 Å². The number of nitrogens with zero attached hydrogens (tertiary/aromatic N) is 2. The summed E-state index contributed by atoms with van der Waals surface area (Å²) in [6, 6.07) is 2.81. The molecule has 1 aromatic rings. The van der Waals surface area contributed by atoms with Gasteiger partial charge in [-0.2, -0.15) is 0 Å². The molecule has 2 N–H and O–H groups in total. The molecule has 1 amide bonds. The number of nitro benzene ring substituents is 1. The first-order chi connectivity index (χ1) is 14.8. The van der Waals surface area contributed by atoms with E-state index >= 15 is 0 Å². The third-order valence-corrected chi connectivity index (χ3v) is 5.78. The smallest absolute Gasteiger partial charge is 0.294 e. The van der Waals surface area contributed by atoms with E-state index in [2.05, 4.69) is 26.6 Å². The first kappa shape index (κ1) is 23.9. The number of hydrogen-bond acceptors (Lipinski definition) is 8. The molecule has 172 valence electrons. The maximum Gasteiger partial charge on any atom is 0.294 e. The van der Waals surface area contributed by atoms with Crippen LogP contribution in [0.4, 0.5) is 11.4 Å². The fourth-order valence-corrected chi connectivity index (χ4v) is 4.46. The van der Waals surface area contributed by atoms with E-state index in [0.29, 0.717) is 43.9 Å². The molecule has 2 aliphatic rings. The molecule has 11 heteroatoms. The van der Waals surface area contributed by atoms with Crippen LogP contribution in [0, 0.1) is 10.1 Å². The van der Waals surface area contributed by atoms with Crippen LogP contribution in [0.1, 0.15) is 24.2 Å². The Morgan fingerprint density at radius 2 is 2.03 bits per heavy atom. The molecule has 2 aliphatic heterocycles. The average molecular weight is 501 g/mol. The van der Waals surface area contributed by atoms with E-state index in [1.807, 2.05) is 13.8 Å². The monoisotopic (exact) mass is 500 g/mol. The number of nitro groups is 1. The molecule has 0 aliphatic carbocycles. The SMILES string of the molecule is COCCO[C@H]1CNC[C@@H]1Nc1c(C(=O)N2C[C@@H](C)O[C@@H](C)C2)cc(Br)cc1[N+](=O)[O-]. The molecule has 4 atom stereocenters. The van der Waals surface area contributed by atoms with Crippen LogP contribution in [0.25, 0.3) is 0 Å². The van der Waals surface area contributed by atoms with Crippen LogP contribution in [0.2, 0.25) is 0 Å². The van der Waals surface area contributed by atoms with Gasteiger partial charge in [-0.3, -0.25) is 14.9 Å². The normalized spacial score (nSPS) is 26.1. The van der Waals surface area contributed by atoms with Gasteiger partial charge in [0.25, 0.3) is 11.6 Å². The van der Waals surface area contributed by atoms with Crippen molar-refractivity contribution in [2.24, 2.45) is 0 Å². The maximum absolute atomic E-state index is 13.4. The quantitative estimate of drug-likeness (QED) is 0.316. The lowest BCUT2D eigenvalue weighted by Gasteiger charge is -2.35. The second-order valence-corrected chi connectivity index (χ2v) is 8.80. The van der Waals surface area contributed by atoms with Crippen molar-refractivity contribution >= 4 is 33.2 Å². The molecule has 2 fully saturated rings. The van der Waals surface area contributed by atoms with E-state index in [-0.39, 0.29) is 47.2 Å². The molecule has 2 saturated heterocycles. The summed E-state index contributed by atoms with van der Waals surface area (Å²) in [5.41, 5.74) is 0.304. The van der Waals surface area contributed by atoms with Crippen LogP contribution in [0.3, 0.4) is 0 Å². The topological polar surface area (TPSA) is 115 Å². The molecule has 2 heterocycles. The molecule has 0 aromatic heterocycles. The Bertz CT molecular complexity index is 800. The Balaban J connectivity index is 1.91. The zero-order valence-electron chi connectivity index (χ0n) is 17.9. The van der Waals surface area contributed by atoms with E-state index in [1.54, 1.807) is 18.1 Å². The predicted octanol–water partition coefficient (Wildman–Crippen LogP) is 2.02. The number of benzene rings is 1. The van der Waals surface area contributed by atoms with Crippen molar-refractivity contribution in [2.45, 2.75) is 38.2 Å². The lowest BCUT2D eigenvalue weighted by atomic mass is 10.1. The van der Waals surface area contributed by atoms with Gasteiger partial charge in [-0.25, -0.2) is 0 Å². The molecule has 3 rings (SSSR count). The van der Waals surface area contributed by atoms with Gasteiger partial charge in [0.15, 0.2) is 0 Å². The lowest BCUT2D eigenvalue weighted by Crippen LogP contribution is -2.48. The number of carbonyl (C=O) groups excluding carboxylic acids is 1. The highest BCUT2D eigenvalue weighted by Gasteiger charge is 2.34. The summed E-state index contributed by atoms with van der Waals surface area (Å²) in [5.74, 6) is -0.267. The van der Waals surface area contributed by atoms with E-state index in [0.717, 1.165) is 0 Å².